The molecule has 1 aliphatic rings. The number of nitrogens with one attached hydrogen (secondary N) is 1. The maximum Gasteiger partial charge on any atom is 0.143 e. The second-order valence-electron chi connectivity index (χ2n) is 10.2. The van der Waals surface area contributed by atoms with Gasteiger partial charge in [0.05, 0.1) is 13.2 Å². The summed E-state index contributed by atoms with van der Waals surface area (Å²) < 4.78 is 12.1. The van der Waals surface area contributed by atoms with Crippen molar-refractivity contribution in [3.05, 3.63) is 47.2 Å². The largest absolute Gasteiger partial charge is 0.629 e. The first-order valence-electron chi connectivity index (χ1n) is 14.6. The van der Waals surface area contributed by atoms with Gasteiger partial charge in [-0.05, 0) is 101 Å². The maximum absolute atomic E-state index is 13.0. The van der Waals surface area contributed by atoms with Gasteiger partial charge >= 0.3 is 0 Å². The highest BCUT2D eigenvalue weighted by atomic mass is 16.5. The fraction of sp³-hybridized carbons (Fsp3) is 0.613. The van der Waals surface area contributed by atoms with Gasteiger partial charge in [0.1, 0.15) is 23.7 Å². The zero-order valence-corrected chi connectivity index (χ0v) is 23.7. The Bertz CT molecular complexity index is 924. The minimum absolute atomic E-state index is 0.150. The molecule has 1 atom stereocenters. The first-order chi connectivity index (χ1) is 18.1. The lowest BCUT2D eigenvalue weighted by molar-refractivity contribution is -0.792. The molecule has 1 heterocycles. The van der Waals surface area contributed by atoms with Crippen molar-refractivity contribution in [3.63, 3.8) is 0 Å². The topological polar surface area (TPSA) is 52.4 Å². The molecule has 0 radical (unpaired) electrons. The first-order valence-corrected chi connectivity index (χ1v) is 14.6. The number of nitrogens with zero attached hydrogens (tertiary/aromatic N) is 2. The van der Waals surface area contributed by atoms with Crippen LogP contribution in [0.25, 0.3) is 11.1 Å². The molecular weight excluding hydrogens is 462 g/mol. The van der Waals surface area contributed by atoms with Crippen LogP contribution in [0.1, 0.15) is 71.8 Å². The second-order valence-corrected chi connectivity index (χ2v) is 10.2. The van der Waals surface area contributed by atoms with E-state index in [0.29, 0.717) is 19.8 Å². The quantitative estimate of drug-likeness (QED) is 0.207. The lowest BCUT2D eigenvalue weighted by atomic mass is 9.94. The Hall–Kier alpha value is -2.12. The van der Waals surface area contributed by atoms with Crippen LogP contribution in [-0.4, -0.2) is 62.3 Å². The molecule has 0 saturated carbocycles. The molecule has 0 spiro atoms. The molecule has 3 rings (SSSR count). The monoisotopic (exact) mass is 511 g/mol. The van der Waals surface area contributed by atoms with Crippen LogP contribution in [0.4, 0.5) is 5.69 Å². The molecule has 1 unspecified atom stereocenters. The van der Waals surface area contributed by atoms with E-state index < -0.39 is 0 Å². The summed E-state index contributed by atoms with van der Waals surface area (Å²) in [6.07, 6.45) is 6.74. The Morgan fingerprint density at radius 3 is 1.68 bits per heavy atom. The zero-order valence-electron chi connectivity index (χ0n) is 23.7. The van der Waals surface area contributed by atoms with E-state index in [1.807, 2.05) is 24.3 Å². The van der Waals surface area contributed by atoms with Crippen LogP contribution in [0.2, 0.25) is 0 Å². The normalized spacial score (nSPS) is 14.6. The molecule has 2 aromatic carbocycles. The van der Waals surface area contributed by atoms with Gasteiger partial charge in [0.25, 0.3) is 0 Å². The fourth-order valence-electron chi connectivity index (χ4n) is 5.31. The van der Waals surface area contributed by atoms with Gasteiger partial charge in [-0.15, -0.1) is 0 Å². The predicted molar refractivity (Wildman–Crippen MR) is 154 cm³/mol. The Labute approximate surface area is 225 Å². The van der Waals surface area contributed by atoms with Gasteiger partial charge in [0.15, 0.2) is 0 Å². The van der Waals surface area contributed by atoms with Crippen molar-refractivity contribution in [2.45, 2.75) is 72.8 Å². The van der Waals surface area contributed by atoms with Crippen LogP contribution >= 0.6 is 0 Å². The van der Waals surface area contributed by atoms with E-state index in [0.717, 1.165) is 86.0 Å². The summed E-state index contributed by atoms with van der Waals surface area (Å²) in [5.41, 5.74) is 3.94. The van der Waals surface area contributed by atoms with Crippen LogP contribution in [0, 0.1) is 5.21 Å². The number of rotatable bonds is 18. The molecule has 0 bridgehead atoms. The molecule has 6 nitrogen and oxygen atoms in total. The molecule has 0 aliphatic carbocycles. The van der Waals surface area contributed by atoms with Gasteiger partial charge in [-0.3, -0.25) is 0 Å². The van der Waals surface area contributed by atoms with Gasteiger partial charge in [0.2, 0.25) is 0 Å². The highest BCUT2D eigenvalue weighted by Gasteiger charge is 2.23. The number of fused-ring (bicyclic) bond motifs is 3. The van der Waals surface area contributed by atoms with Crippen molar-refractivity contribution in [1.29, 1.82) is 0 Å². The molecule has 206 valence electrons. The molecule has 0 aromatic heterocycles. The lowest BCUT2D eigenvalue weighted by Gasteiger charge is -2.30. The summed E-state index contributed by atoms with van der Waals surface area (Å²) in [7, 11) is 0. The summed E-state index contributed by atoms with van der Waals surface area (Å²) in [6.45, 7) is 17.4. The van der Waals surface area contributed by atoms with E-state index in [2.05, 4.69) is 49.6 Å². The van der Waals surface area contributed by atoms with Crippen molar-refractivity contribution >= 4 is 5.69 Å². The Balaban J connectivity index is 1.54. The summed E-state index contributed by atoms with van der Waals surface area (Å²) in [5.74, 6) is 1.64. The molecule has 6 heteroatoms. The van der Waals surface area contributed by atoms with Crippen molar-refractivity contribution < 1.29 is 14.5 Å². The second kappa shape index (κ2) is 16.0. The standard InChI is InChI=1S/C31H49N3O3/c1-5-15-32(16-6-2)19-9-21-36-27-11-13-29-26(23-27)25-34(35)31-24-28(12-14-30(29)31)37-22-10-20-33(17-7-3)18-8-4/h11-14,23-24,34H,5-10,15-22,25H2,1-4H3. The molecule has 0 amide bonds. The van der Waals surface area contributed by atoms with Crippen LogP contribution in [0.3, 0.4) is 0 Å². The summed E-state index contributed by atoms with van der Waals surface area (Å²) in [4.78, 5) is 5.01. The van der Waals surface area contributed by atoms with Gasteiger partial charge in [0, 0.05) is 30.3 Å². The minimum Gasteiger partial charge on any atom is -0.629 e. The van der Waals surface area contributed by atoms with E-state index in [9.17, 15) is 5.21 Å². The third-order valence-electron chi connectivity index (χ3n) is 6.94. The number of quaternary nitrogens is 1. The Morgan fingerprint density at radius 1 is 0.676 bits per heavy atom. The van der Waals surface area contributed by atoms with Crippen LogP contribution < -0.4 is 14.5 Å². The van der Waals surface area contributed by atoms with Gasteiger partial charge < -0.3 is 29.5 Å². The van der Waals surface area contributed by atoms with Gasteiger partial charge in [-0.2, -0.15) is 0 Å². The van der Waals surface area contributed by atoms with Crippen LogP contribution in [0.5, 0.6) is 11.5 Å². The van der Waals surface area contributed by atoms with E-state index in [-0.39, 0.29) is 5.06 Å². The Morgan fingerprint density at radius 2 is 1.16 bits per heavy atom. The highest BCUT2D eigenvalue weighted by Crippen LogP contribution is 2.36. The van der Waals surface area contributed by atoms with Crippen LogP contribution in [-0.2, 0) is 6.54 Å². The SMILES string of the molecule is CCCN(CCC)CCCOc1ccc2c(c1)C[NH+]([O-])c1cc(OCCCN(CCC)CCC)ccc1-2. The molecule has 2 aromatic rings. The fourth-order valence-corrected chi connectivity index (χ4v) is 5.31. The maximum atomic E-state index is 13.0. The highest BCUT2D eigenvalue weighted by molar-refractivity contribution is 5.78. The average molecular weight is 512 g/mol. The molecule has 0 fully saturated rings. The van der Waals surface area contributed by atoms with E-state index in [1.165, 1.54) is 25.7 Å². The van der Waals surface area contributed by atoms with Crippen LogP contribution in [0.15, 0.2) is 36.4 Å². The van der Waals surface area contributed by atoms with Crippen molar-refractivity contribution in [2.75, 3.05) is 52.5 Å². The minimum atomic E-state index is 0.150. The number of hydroxylamine groups is 1. The molecule has 1 N–H and O–H groups in total. The molecule has 1 aliphatic heterocycles. The summed E-state index contributed by atoms with van der Waals surface area (Å²) in [5, 5.41) is 13.2. The summed E-state index contributed by atoms with van der Waals surface area (Å²) >= 11 is 0. The number of benzene rings is 2. The Kier molecular flexibility index (Phi) is 12.7. The lowest BCUT2D eigenvalue weighted by Crippen LogP contribution is -3.01. The number of hydrogen-bond acceptors (Lipinski definition) is 5. The van der Waals surface area contributed by atoms with E-state index in [1.54, 1.807) is 0 Å². The third kappa shape index (κ3) is 8.99. The number of ether oxygens (including phenoxy) is 2. The third-order valence-corrected chi connectivity index (χ3v) is 6.94. The van der Waals surface area contributed by atoms with Crippen molar-refractivity contribution in [3.8, 4) is 22.6 Å². The predicted octanol–water partition coefficient (Wildman–Crippen LogP) is 5.66. The molecule has 0 saturated heterocycles. The number of hydrogen-bond donors (Lipinski definition) is 1. The van der Waals surface area contributed by atoms with Gasteiger partial charge in [-0.25, -0.2) is 0 Å². The van der Waals surface area contributed by atoms with Gasteiger partial charge in [-0.1, -0.05) is 27.7 Å². The summed E-state index contributed by atoms with van der Waals surface area (Å²) in [6, 6.07) is 12.2. The van der Waals surface area contributed by atoms with E-state index in [4.69, 9.17) is 9.47 Å². The zero-order chi connectivity index (χ0) is 26.5. The van der Waals surface area contributed by atoms with Crippen molar-refractivity contribution in [1.82, 2.24) is 9.80 Å². The average Bonchev–Trinajstić information content (AvgIpc) is 2.89. The molecular formula is C31H49N3O3. The van der Waals surface area contributed by atoms with E-state index >= 15 is 0 Å². The first kappa shape index (κ1) is 29.4. The smallest absolute Gasteiger partial charge is 0.143 e. The molecule has 37 heavy (non-hydrogen) atoms. The van der Waals surface area contributed by atoms with Crippen molar-refractivity contribution in [2.24, 2.45) is 0 Å².